The zero-order valence-electron chi connectivity index (χ0n) is 13.9. The van der Waals surface area contributed by atoms with E-state index in [2.05, 4.69) is 6.92 Å². The molecule has 0 amide bonds. The van der Waals surface area contributed by atoms with Crippen molar-refractivity contribution in [3.63, 3.8) is 0 Å². The number of hydrogen-bond donors (Lipinski definition) is 0. The van der Waals surface area contributed by atoms with Gasteiger partial charge in [0.25, 0.3) is 0 Å². The summed E-state index contributed by atoms with van der Waals surface area (Å²) >= 11 is 0. The van der Waals surface area contributed by atoms with Crippen LogP contribution in [0, 0.1) is 17.8 Å². The van der Waals surface area contributed by atoms with E-state index in [0.29, 0.717) is 0 Å². The molecule has 0 aromatic heterocycles. The average Bonchev–Trinajstić information content (AvgIpc) is 2.97. The van der Waals surface area contributed by atoms with E-state index in [4.69, 9.17) is 9.47 Å². The van der Waals surface area contributed by atoms with Gasteiger partial charge in [0.05, 0.1) is 13.2 Å². The molecule has 122 valence electrons. The van der Waals surface area contributed by atoms with Crippen molar-refractivity contribution in [2.24, 2.45) is 17.8 Å². The second-order valence-corrected chi connectivity index (χ2v) is 7.72. The van der Waals surface area contributed by atoms with Crippen molar-refractivity contribution in [3.05, 3.63) is 0 Å². The summed E-state index contributed by atoms with van der Waals surface area (Å²) < 4.78 is 11.7. The summed E-state index contributed by atoms with van der Waals surface area (Å²) in [6, 6.07) is 0. The van der Waals surface area contributed by atoms with Crippen LogP contribution in [0.5, 0.6) is 0 Å². The van der Waals surface area contributed by atoms with E-state index in [1.165, 1.54) is 64.2 Å². The Bertz CT molecular complexity index is 291. The molecule has 1 aliphatic heterocycles. The van der Waals surface area contributed by atoms with Gasteiger partial charge in [0.2, 0.25) is 0 Å². The highest BCUT2D eigenvalue weighted by molar-refractivity contribution is 4.87. The lowest BCUT2D eigenvalue weighted by Gasteiger charge is -2.40. The monoisotopic (exact) mass is 294 g/mol. The van der Waals surface area contributed by atoms with Crippen molar-refractivity contribution < 1.29 is 9.47 Å². The van der Waals surface area contributed by atoms with Crippen LogP contribution in [0.1, 0.15) is 84.0 Å². The van der Waals surface area contributed by atoms with E-state index in [1.807, 2.05) is 0 Å². The molecule has 0 N–H and O–H groups in total. The number of ether oxygens (including phenoxy) is 2. The number of unbranched alkanes of at least 4 members (excludes halogenated alkanes) is 2. The fraction of sp³-hybridized carbons (Fsp3) is 1.00. The maximum Gasteiger partial charge on any atom is 0.168 e. The van der Waals surface area contributed by atoms with Crippen LogP contribution in [-0.4, -0.2) is 19.0 Å². The molecule has 1 saturated heterocycles. The third kappa shape index (κ3) is 4.01. The first-order chi connectivity index (χ1) is 10.3. The van der Waals surface area contributed by atoms with Crippen LogP contribution >= 0.6 is 0 Å². The summed E-state index contributed by atoms with van der Waals surface area (Å²) in [6.07, 6.45) is 16.7. The summed E-state index contributed by atoms with van der Waals surface area (Å²) in [4.78, 5) is 0. The van der Waals surface area contributed by atoms with Crippen LogP contribution in [0.3, 0.4) is 0 Å². The van der Waals surface area contributed by atoms with Crippen molar-refractivity contribution in [2.45, 2.75) is 89.8 Å². The molecule has 0 unspecified atom stereocenters. The Hall–Kier alpha value is -0.0800. The normalized spacial score (nSPS) is 33.6. The molecular formula is C19H34O2. The molecule has 21 heavy (non-hydrogen) atoms. The first kappa shape index (κ1) is 15.8. The molecule has 0 aromatic carbocycles. The van der Waals surface area contributed by atoms with E-state index in [0.717, 1.165) is 43.8 Å². The molecule has 0 aromatic rings. The number of rotatable bonds is 5. The Morgan fingerprint density at radius 2 is 1.43 bits per heavy atom. The predicted octanol–water partition coefficient (Wildman–Crippen LogP) is 5.31. The Morgan fingerprint density at radius 1 is 0.810 bits per heavy atom. The highest BCUT2D eigenvalue weighted by atomic mass is 16.7. The summed E-state index contributed by atoms with van der Waals surface area (Å²) in [5.74, 6) is 2.85. The minimum Gasteiger partial charge on any atom is -0.348 e. The lowest BCUT2D eigenvalue weighted by atomic mass is 9.69. The smallest absolute Gasteiger partial charge is 0.168 e. The Kier molecular flexibility index (Phi) is 5.61. The van der Waals surface area contributed by atoms with Gasteiger partial charge in [-0.15, -0.1) is 0 Å². The molecule has 1 heterocycles. The van der Waals surface area contributed by atoms with Gasteiger partial charge in [0, 0.05) is 12.8 Å². The zero-order valence-corrected chi connectivity index (χ0v) is 13.9. The number of hydrogen-bond acceptors (Lipinski definition) is 2. The molecule has 2 heteroatoms. The van der Waals surface area contributed by atoms with Crippen LogP contribution < -0.4 is 0 Å². The first-order valence-electron chi connectivity index (χ1n) is 9.59. The molecule has 0 bridgehead atoms. The molecule has 0 atom stereocenters. The minimum atomic E-state index is -0.159. The lowest BCUT2D eigenvalue weighted by molar-refractivity contribution is -0.185. The molecule has 3 aliphatic rings. The van der Waals surface area contributed by atoms with Gasteiger partial charge in [-0.3, -0.25) is 0 Å². The van der Waals surface area contributed by atoms with Gasteiger partial charge in [0.1, 0.15) is 0 Å². The van der Waals surface area contributed by atoms with Gasteiger partial charge in [-0.25, -0.2) is 0 Å². The quantitative estimate of drug-likeness (QED) is 0.640. The van der Waals surface area contributed by atoms with Gasteiger partial charge >= 0.3 is 0 Å². The average molecular weight is 294 g/mol. The van der Waals surface area contributed by atoms with Gasteiger partial charge < -0.3 is 9.47 Å². The topological polar surface area (TPSA) is 18.5 Å². The molecular weight excluding hydrogens is 260 g/mol. The van der Waals surface area contributed by atoms with E-state index < -0.39 is 0 Å². The third-order valence-electron chi connectivity index (χ3n) is 6.38. The summed E-state index contributed by atoms with van der Waals surface area (Å²) in [5, 5.41) is 0. The van der Waals surface area contributed by atoms with Gasteiger partial charge in [-0.1, -0.05) is 45.4 Å². The van der Waals surface area contributed by atoms with Gasteiger partial charge in [-0.2, -0.15) is 0 Å². The van der Waals surface area contributed by atoms with E-state index in [-0.39, 0.29) is 5.79 Å². The highest BCUT2D eigenvalue weighted by Crippen LogP contribution is 2.45. The van der Waals surface area contributed by atoms with E-state index in [1.54, 1.807) is 0 Å². The standard InChI is InChI=1S/C19H34O2/c1-2-3-4-5-16-6-8-17(9-7-16)18-10-12-19(13-11-18)20-14-15-21-19/h16-18H,2-15H2,1H3. The summed E-state index contributed by atoms with van der Waals surface area (Å²) in [7, 11) is 0. The maximum atomic E-state index is 5.87. The van der Waals surface area contributed by atoms with Gasteiger partial charge in [0.15, 0.2) is 5.79 Å². The Morgan fingerprint density at radius 3 is 2.05 bits per heavy atom. The second kappa shape index (κ2) is 7.46. The van der Waals surface area contributed by atoms with Crippen molar-refractivity contribution in [1.29, 1.82) is 0 Å². The molecule has 1 spiro atoms. The SMILES string of the molecule is CCCCCC1CCC(C2CCC3(CC2)OCCO3)CC1. The highest BCUT2D eigenvalue weighted by Gasteiger charge is 2.42. The predicted molar refractivity (Wildman–Crippen MR) is 86.2 cm³/mol. The van der Waals surface area contributed by atoms with Crippen LogP contribution in [0.4, 0.5) is 0 Å². The largest absolute Gasteiger partial charge is 0.348 e. The van der Waals surface area contributed by atoms with Crippen molar-refractivity contribution >= 4 is 0 Å². The van der Waals surface area contributed by atoms with Crippen LogP contribution in [0.25, 0.3) is 0 Å². The third-order valence-corrected chi connectivity index (χ3v) is 6.38. The Labute approximate surface area is 131 Å². The summed E-state index contributed by atoms with van der Waals surface area (Å²) in [6.45, 7) is 3.94. The fourth-order valence-electron chi connectivity index (χ4n) is 4.97. The molecule has 2 nitrogen and oxygen atoms in total. The molecule has 0 radical (unpaired) electrons. The fourth-order valence-corrected chi connectivity index (χ4v) is 4.97. The second-order valence-electron chi connectivity index (χ2n) is 7.72. The zero-order chi connectivity index (χ0) is 14.5. The van der Waals surface area contributed by atoms with E-state index in [9.17, 15) is 0 Å². The Balaban J connectivity index is 1.37. The van der Waals surface area contributed by atoms with Crippen LogP contribution in [0.15, 0.2) is 0 Å². The van der Waals surface area contributed by atoms with Crippen molar-refractivity contribution in [1.82, 2.24) is 0 Å². The first-order valence-corrected chi connectivity index (χ1v) is 9.59. The molecule has 2 saturated carbocycles. The van der Waals surface area contributed by atoms with Crippen LogP contribution in [-0.2, 0) is 9.47 Å². The summed E-state index contributed by atoms with van der Waals surface area (Å²) in [5.41, 5.74) is 0. The van der Waals surface area contributed by atoms with Crippen molar-refractivity contribution in [3.8, 4) is 0 Å². The van der Waals surface area contributed by atoms with Gasteiger partial charge in [-0.05, 0) is 43.4 Å². The minimum absolute atomic E-state index is 0.159. The van der Waals surface area contributed by atoms with Crippen LogP contribution in [0.2, 0.25) is 0 Å². The lowest BCUT2D eigenvalue weighted by Crippen LogP contribution is -2.37. The molecule has 2 aliphatic carbocycles. The maximum absolute atomic E-state index is 5.87. The molecule has 3 rings (SSSR count). The van der Waals surface area contributed by atoms with Crippen molar-refractivity contribution in [2.75, 3.05) is 13.2 Å². The molecule has 3 fully saturated rings. The van der Waals surface area contributed by atoms with E-state index >= 15 is 0 Å².